The van der Waals surface area contributed by atoms with Crippen LogP contribution in [0.15, 0.2) is 60.7 Å². The molecule has 0 aliphatic heterocycles. The van der Waals surface area contributed by atoms with Crippen molar-refractivity contribution in [1.29, 1.82) is 0 Å². The first kappa shape index (κ1) is 11.8. The van der Waals surface area contributed by atoms with Gasteiger partial charge in [-0.2, -0.15) is 4.73 Å². The zero-order valence-corrected chi connectivity index (χ0v) is 11.1. The molecule has 0 saturated heterocycles. The fourth-order valence-electron chi connectivity index (χ4n) is 2.67. The van der Waals surface area contributed by atoms with E-state index in [4.69, 9.17) is 0 Å². The minimum atomic E-state index is -0.195. The van der Waals surface area contributed by atoms with Gasteiger partial charge in [0, 0.05) is 10.8 Å². The van der Waals surface area contributed by atoms with Gasteiger partial charge in [0.05, 0.1) is 22.3 Å². The Bertz CT molecular complexity index is 973. The van der Waals surface area contributed by atoms with Gasteiger partial charge in [-0.25, -0.2) is 4.98 Å². The Morgan fingerprint density at radius 3 is 2.52 bits per heavy atom. The van der Waals surface area contributed by atoms with Crippen molar-refractivity contribution in [1.82, 2.24) is 9.71 Å². The molecule has 0 unspecified atom stereocenters. The quantitative estimate of drug-likeness (QED) is 0.520. The summed E-state index contributed by atoms with van der Waals surface area (Å²) in [5, 5.41) is 22.0. The molecule has 4 rings (SSSR count). The number of hydrogen-bond donors (Lipinski definition) is 2. The Kier molecular flexibility index (Phi) is 2.38. The van der Waals surface area contributed by atoms with Gasteiger partial charge in [0.25, 0.3) is 0 Å². The number of aromatic hydroxyl groups is 1. The van der Waals surface area contributed by atoms with Gasteiger partial charge in [-0.15, -0.1) is 0 Å². The SMILES string of the molecule is Oc1c(-c2ccc3ccccc3n2)c2ccccc2n1O. The van der Waals surface area contributed by atoms with Crippen LogP contribution in [0.25, 0.3) is 33.1 Å². The summed E-state index contributed by atoms with van der Waals surface area (Å²) >= 11 is 0. The van der Waals surface area contributed by atoms with E-state index in [1.54, 1.807) is 6.07 Å². The number of benzene rings is 2. The normalized spacial score (nSPS) is 11.2. The van der Waals surface area contributed by atoms with Crippen molar-refractivity contribution in [2.24, 2.45) is 0 Å². The number of para-hydroxylation sites is 2. The third kappa shape index (κ3) is 1.66. The largest absolute Gasteiger partial charge is 0.492 e. The lowest BCUT2D eigenvalue weighted by Crippen LogP contribution is -1.88. The van der Waals surface area contributed by atoms with Crippen LogP contribution < -0.4 is 0 Å². The molecule has 2 N–H and O–H groups in total. The number of hydrogen-bond acceptors (Lipinski definition) is 3. The molecule has 0 fully saturated rings. The predicted molar refractivity (Wildman–Crippen MR) is 81.5 cm³/mol. The van der Waals surface area contributed by atoms with Crippen molar-refractivity contribution in [3.05, 3.63) is 60.7 Å². The van der Waals surface area contributed by atoms with E-state index < -0.39 is 0 Å². The molecule has 4 aromatic rings. The maximum atomic E-state index is 10.2. The van der Waals surface area contributed by atoms with Crippen molar-refractivity contribution < 1.29 is 10.3 Å². The van der Waals surface area contributed by atoms with Crippen LogP contribution in [0.3, 0.4) is 0 Å². The second-order valence-corrected chi connectivity index (χ2v) is 4.92. The summed E-state index contributed by atoms with van der Waals surface area (Å²) < 4.78 is 0.793. The van der Waals surface area contributed by atoms with Crippen molar-refractivity contribution >= 4 is 21.8 Å². The molecule has 0 saturated carbocycles. The summed E-state index contributed by atoms with van der Waals surface area (Å²) in [6.07, 6.45) is 0. The van der Waals surface area contributed by atoms with Crippen LogP contribution in [-0.4, -0.2) is 20.0 Å². The predicted octanol–water partition coefficient (Wildman–Crippen LogP) is 3.80. The molecule has 4 heteroatoms. The monoisotopic (exact) mass is 276 g/mol. The number of fused-ring (bicyclic) bond motifs is 2. The lowest BCUT2D eigenvalue weighted by Gasteiger charge is -2.03. The molecule has 2 heterocycles. The van der Waals surface area contributed by atoms with E-state index in [-0.39, 0.29) is 5.88 Å². The van der Waals surface area contributed by atoms with Crippen LogP contribution in [-0.2, 0) is 0 Å². The molecule has 0 aliphatic rings. The Morgan fingerprint density at radius 2 is 1.62 bits per heavy atom. The highest BCUT2D eigenvalue weighted by Gasteiger charge is 2.18. The lowest BCUT2D eigenvalue weighted by atomic mass is 10.1. The number of rotatable bonds is 1. The minimum absolute atomic E-state index is 0.195. The minimum Gasteiger partial charge on any atom is -0.492 e. The number of nitrogens with zero attached hydrogens (tertiary/aromatic N) is 2. The summed E-state index contributed by atoms with van der Waals surface area (Å²) in [6.45, 7) is 0. The van der Waals surface area contributed by atoms with Gasteiger partial charge in [-0.3, -0.25) is 0 Å². The highest BCUT2D eigenvalue weighted by atomic mass is 16.5. The van der Waals surface area contributed by atoms with Crippen LogP contribution in [0, 0.1) is 0 Å². The maximum Gasteiger partial charge on any atom is 0.235 e. The fraction of sp³-hybridized carbons (Fsp3) is 0. The smallest absolute Gasteiger partial charge is 0.235 e. The number of pyridine rings is 1. The molecule has 0 amide bonds. The molecule has 0 atom stereocenters. The lowest BCUT2D eigenvalue weighted by molar-refractivity contribution is 0.168. The zero-order chi connectivity index (χ0) is 14.4. The molecule has 0 aliphatic carbocycles. The molecule has 0 bridgehead atoms. The van der Waals surface area contributed by atoms with E-state index in [0.717, 1.165) is 21.0 Å². The molecule has 0 radical (unpaired) electrons. The van der Waals surface area contributed by atoms with E-state index in [2.05, 4.69) is 4.98 Å². The summed E-state index contributed by atoms with van der Waals surface area (Å²) in [4.78, 5) is 4.59. The Labute approximate surface area is 120 Å². The van der Waals surface area contributed by atoms with Gasteiger partial charge in [0.1, 0.15) is 0 Å². The molecule has 21 heavy (non-hydrogen) atoms. The summed E-state index contributed by atoms with van der Waals surface area (Å²) in [5.41, 5.74) is 2.58. The van der Waals surface area contributed by atoms with Gasteiger partial charge in [0.2, 0.25) is 5.88 Å². The fourth-order valence-corrected chi connectivity index (χ4v) is 2.67. The van der Waals surface area contributed by atoms with Crippen molar-refractivity contribution in [2.45, 2.75) is 0 Å². The standard InChI is InChI=1S/C17H12N2O2/c20-17-16(12-6-2-4-8-15(12)19(17)21)14-10-9-11-5-1-3-7-13(11)18-14/h1-10,20-21H. The van der Waals surface area contributed by atoms with Gasteiger partial charge >= 0.3 is 0 Å². The second-order valence-electron chi connectivity index (χ2n) is 4.92. The highest BCUT2D eigenvalue weighted by Crippen LogP contribution is 2.37. The van der Waals surface area contributed by atoms with E-state index in [9.17, 15) is 10.3 Å². The Balaban J connectivity index is 2.06. The van der Waals surface area contributed by atoms with E-state index in [1.807, 2.05) is 54.6 Å². The van der Waals surface area contributed by atoms with Crippen LogP contribution in [0.2, 0.25) is 0 Å². The van der Waals surface area contributed by atoms with Gasteiger partial charge < -0.3 is 10.3 Å². The molecular formula is C17H12N2O2. The molecular weight excluding hydrogens is 264 g/mol. The first-order chi connectivity index (χ1) is 10.3. The zero-order valence-electron chi connectivity index (χ0n) is 11.1. The van der Waals surface area contributed by atoms with Crippen LogP contribution in [0.4, 0.5) is 0 Å². The van der Waals surface area contributed by atoms with E-state index >= 15 is 0 Å². The van der Waals surface area contributed by atoms with Crippen molar-refractivity contribution in [3.63, 3.8) is 0 Å². The topological polar surface area (TPSA) is 58.3 Å². The first-order valence-corrected chi connectivity index (χ1v) is 6.63. The highest BCUT2D eigenvalue weighted by molar-refractivity contribution is 5.99. The van der Waals surface area contributed by atoms with E-state index in [0.29, 0.717) is 16.8 Å². The summed E-state index contributed by atoms with van der Waals surface area (Å²) in [7, 11) is 0. The van der Waals surface area contributed by atoms with Crippen LogP contribution in [0.1, 0.15) is 0 Å². The van der Waals surface area contributed by atoms with Crippen molar-refractivity contribution in [3.8, 4) is 17.1 Å². The second kappa shape index (κ2) is 4.24. The average Bonchev–Trinajstić information content (AvgIpc) is 2.79. The van der Waals surface area contributed by atoms with Crippen molar-refractivity contribution in [2.75, 3.05) is 0 Å². The third-order valence-electron chi connectivity index (χ3n) is 3.68. The molecule has 4 nitrogen and oxygen atoms in total. The van der Waals surface area contributed by atoms with Gasteiger partial charge in [-0.1, -0.05) is 42.5 Å². The first-order valence-electron chi connectivity index (χ1n) is 6.63. The average molecular weight is 276 g/mol. The van der Waals surface area contributed by atoms with Crippen LogP contribution in [0.5, 0.6) is 5.88 Å². The summed E-state index contributed by atoms with van der Waals surface area (Å²) in [5.74, 6) is -0.195. The molecule has 0 spiro atoms. The number of aromatic nitrogens is 2. The van der Waals surface area contributed by atoms with Crippen LogP contribution >= 0.6 is 0 Å². The van der Waals surface area contributed by atoms with Gasteiger partial charge in [-0.05, 0) is 18.2 Å². The van der Waals surface area contributed by atoms with E-state index in [1.165, 1.54) is 0 Å². The molecule has 2 aromatic carbocycles. The Hall–Kier alpha value is -3.01. The maximum absolute atomic E-state index is 10.2. The molecule has 2 aromatic heterocycles. The summed E-state index contributed by atoms with van der Waals surface area (Å²) in [6, 6.07) is 18.9. The third-order valence-corrected chi connectivity index (χ3v) is 3.68. The Morgan fingerprint density at radius 1 is 0.857 bits per heavy atom. The molecule has 102 valence electrons. The van der Waals surface area contributed by atoms with Gasteiger partial charge in [0.15, 0.2) is 0 Å².